The van der Waals surface area contributed by atoms with Crippen molar-refractivity contribution < 1.29 is 0 Å². The van der Waals surface area contributed by atoms with Crippen molar-refractivity contribution in [1.29, 1.82) is 0 Å². The average Bonchev–Trinajstić information content (AvgIpc) is 3.69. The van der Waals surface area contributed by atoms with Crippen molar-refractivity contribution in [2.45, 2.75) is 13.8 Å². The molecule has 224 valence electrons. The van der Waals surface area contributed by atoms with Gasteiger partial charge in [0.25, 0.3) is 0 Å². The summed E-state index contributed by atoms with van der Waals surface area (Å²) in [6.07, 6.45) is 0. The first kappa shape index (κ1) is 26.8. The topological polar surface area (TPSA) is 0 Å². The van der Waals surface area contributed by atoms with E-state index in [4.69, 9.17) is 0 Å². The Bertz CT molecular complexity index is 3030. The first-order chi connectivity index (χ1) is 23.6. The predicted octanol–water partition coefficient (Wildman–Crippen LogP) is 14.5. The molecule has 0 atom stereocenters. The van der Waals surface area contributed by atoms with Gasteiger partial charge in [0.05, 0.1) is 0 Å². The number of rotatable bonds is 0. The Morgan fingerprint density at radius 3 is 1.15 bits per heavy atom. The molecule has 0 N–H and O–H groups in total. The molecule has 0 saturated carbocycles. The zero-order chi connectivity index (χ0) is 31.7. The number of hydrogen-bond acceptors (Lipinski definition) is 2. The number of hydrogen-bond donors (Lipinski definition) is 0. The highest BCUT2D eigenvalue weighted by molar-refractivity contribution is 7.26. The standard InChI is InChI=1S/C46H28S2/c1-25-31-17-21-41-43(25)37-23-29(15-19-39(37)47-41)33-11-3-7-27-8-4-12-34(45(27)33)30-16-20-40-38(24-30)44-26(2)32(18-22-42(44)48-40)36-14-6-10-28-9-5-13-35(31)46(28)36/h3-24H,1-2H3. The van der Waals surface area contributed by atoms with Crippen LogP contribution in [0.3, 0.4) is 0 Å². The van der Waals surface area contributed by atoms with Crippen LogP contribution in [0.1, 0.15) is 11.1 Å². The lowest BCUT2D eigenvalue weighted by Gasteiger charge is -2.10. The first-order valence-electron chi connectivity index (χ1n) is 16.6. The van der Waals surface area contributed by atoms with Gasteiger partial charge in [-0.2, -0.15) is 0 Å². The van der Waals surface area contributed by atoms with Crippen molar-refractivity contribution in [3.63, 3.8) is 0 Å². The highest BCUT2D eigenvalue weighted by atomic mass is 32.1. The van der Waals surface area contributed by atoms with Gasteiger partial charge in [-0.25, -0.2) is 0 Å². The van der Waals surface area contributed by atoms with Gasteiger partial charge in [0, 0.05) is 40.3 Å². The second kappa shape index (κ2) is 9.64. The third-order valence-electron chi connectivity index (χ3n) is 10.8. The summed E-state index contributed by atoms with van der Waals surface area (Å²) in [5.41, 5.74) is 2.69. The van der Waals surface area contributed by atoms with Crippen LogP contribution in [0.2, 0.25) is 0 Å². The summed E-state index contributed by atoms with van der Waals surface area (Å²) in [6, 6.07) is 50.9. The van der Waals surface area contributed by atoms with Gasteiger partial charge in [-0.3, -0.25) is 0 Å². The lowest BCUT2D eigenvalue weighted by molar-refractivity contribution is 1.61. The molecule has 0 unspecified atom stereocenters. The summed E-state index contributed by atoms with van der Waals surface area (Å²) in [4.78, 5) is 0. The van der Waals surface area contributed by atoms with E-state index in [2.05, 4.69) is 147 Å². The minimum absolute atomic E-state index is 1.26. The van der Waals surface area contributed by atoms with Gasteiger partial charge in [0.2, 0.25) is 0 Å². The van der Waals surface area contributed by atoms with E-state index in [1.165, 1.54) is 116 Å². The van der Waals surface area contributed by atoms with Crippen LogP contribution in [0.5, 0.6) is 0 Å². The van der Waals surface area contributed by atoms with Crippen molar-refractivity contribution in [2.75, 3.05) is 0 Å². The Labute approximate surface area is 284 Å². The van der Waals surface area contributed by atoms with Crippen LogP contribution in [0.25, 0.3) is 105 Å². The molecule has 0 spiro atoms. The van der Waals surface area contributed by atoms with Crippen molar-refractivity contribution >= 4 is 128 Å². The zero-order valence-corrected chi connectivity index (χ0v) is 28.2. The van der Waals surface area contributed by atoms with Crippen LogP contribution < -0.4 is 0 Å². The Balaban J connectivity index is 1.49. The van der Waals surface area contributed by atoms with Crippen LogP contribution in [-0.2, 0) is 0 Å². The van der Waals surface area contributed by atoms with Crippen molar-refractivity contribution in [3.05, 3.63) is 145 Å². The number of thiophene rings is 2. The van der Waals surface area contributed by atoms with E-state index in [1.807, 2.05) is 22.7 Å². The van der Waals surface area contributed by atoms with Gasteiger partial charge in [0.15, 0.2) is 0 Å². The molecule has 0 aliphatic carbocycles. The quantitative estimate of drug-likeness (QED) is 0.154. The van der Waals surface area contributed by atoms with E-state index in [-0.39, 0.29) is 0 Å². The van der Waals surface area contributed by atoms with Gasteiger partial charge >= 0.3 is 0 Å². The van der Waals surface area contributed by atoms with E-state index in [9.17, 15) is 0 Å². The molecule has 0 aliphatic heterocycles. The minimum Gasteiger partial charge on any atom is -0.135 e. The van der Waals surface area contributed by atoms with Crippen LogP contribution in [0.4, 0.5) is 0 Å². The molecule has 8 bridgehead atoms. The summed E-state index contributed by atoms with van der Waals surface area (Å²) < 4.78 is 5.36. The summed E-state index contributed by atoms with van der Waals surface area (Å²) >= 11 is 3.81. The largest absolute Gasteiger partial charge is 0.135 e. The maximum Gasteiger partial charge on any atom is 0.0358 e. The van der Waals surface area contributed by atoms with E-state index < -0.39 is 0 Å². The highest BCUT2D eigenvalue weighted by Crippen LogP contribution is 2.44. The minimum atomic E-state index is 1.26. The molecule has 0 saturated heterocycles. The molecule has 48 heavy (non-hydrogen) atoms. The molecule has 2 heteroatoms. The second-order valence-corrected chi connectivity index (χ2v) is 15.4. The third-order valence-corrected chi connectivity index (χ3v) is 13.1. The maximum atomic E-state index is 2.45. The Morgan fingerprint density at radius 2 is 0.688 bits per heavy atom. The fraction of sp³-hybridized carbons (Fsp3) is 0.0435. The summed E-state index contributed by atoms with van der Waals surface area (Å²) in [6.45, 7) is 4.66. The van der Waals surface area contributed by atoms with Gasteiger partial charge in [-0.05, 0) is 126 Å². The molecule has 0 aliphatic rings. The summed E-state index contributed by atoms with van der Waals surface area (Å²) in [7, 11) is 0. The van der Waals surface area contributed by atoms with Gasteiger partial charge in [-0.15, -0.1) is 22.7 Å². The molecule has 0 radical (unpaired) electrons. The van der Waals surface area contributed by atoms with Crippen LogP contribution in [-0.4, -0.2) is 0 Å². The fourth-order valence-electron chi connectivity index (χ4n) is 8.61. The smallest absolute Gasteiger partial charge is 0.0358 e. The van der Waals surface area contributed by atoms with E-state index in [0.717, 1.165) is 0 Å². The Kier molecular flexibility index (Phi) is 5.37. The van der Waals surface area contributed by atoms with E-state index in [0.29, 0.717) is 0 Å². The molecule has 2 heterocycles. The molecule has 11 aromatic rings. The average molecular weight is 645 g/mol. The van der Waals surface area contributed by atoms with Crippen LogP contribution in [0.15, 0.2) is 133 Å². The molecule has 0 nitrogen and oxygen atoms in total. The zero-order valence-electron chi connectivity index (χ0n) is 26.5. The fourth-order valence-corrected chi connectivity index (χ4v) is 10.9. The number of fused-ring (bicyclic) bond motifs is 8. The molecular weight excluding hydrogens is 617 g/mol. The lowest BCUT2D eigenvalue weighted by Crippen LogP contribution is -1.84. The third kappa shape index (κ3) is 3.54. The second-order valence-electron chi connectivity index (χ2n) is 13.3. The van der Waals surface area contributed by atoms with Crippen LogP contribution >= 0.6 is 22.7 Å². The van der Waals surface area contributed by atoms with Crippen LogP contribution in [0, 0.1) is 13.8 Å². The number of aryl methyl sites for hydroxylation is 2. The van der Waals surface area contributed by atoms with E-state index >= 15 is 0 Å². The summed E-state index contributed by atoms with van der Waals surface area (Å²) in [5, 5.41) is 20.9. The molecule has 11 rings (SSSR count). The monoisotopic (exact) mass is 644 g/mol. The molecule has 0 amide bonds. The Morgan fingerprint density at radius 1 is 0.292 bits per heavy atom. The van der Waals surface area contributed by atoms with E-state index in [1.54, 1.807) is 0 Å². The summed E-state index contributed by atoms with van der Waals surface area (Å²) in [5.74, 6) is 0. The Hall–Kier alpha value is -5.28. The lowest BCUT2D eigenvalue weighted by atomic mass is 9.93. The highest BCUT2D eigenvalue weighted by Gasteiger charge is 2.15. The molecule has 0 fully saturated rings. The van der Waals surface area contributed by atoms with Gasteiger partial charge < -0.3 is 0 Å². The van der Waals surface area contributed by atoms with Crippen molar-refractivity contribution in [1.82, 2.24) is 0 Å². The van der Waals surface area contributed by atoms with Crippen molar-refractivity contribution in [2.24, 2.45) is 0 Å². The SMILES string of the molecule is Cc1c2ccc3sc4ccc(cc4c13)c1cccc3cccc(c4ccc5sc6ccc(c(C)c6c5c4)c4cccc5cccc2c54)c31. The molecule has 9 aromatic carbocycles. The maximum absolute atomic E-state index is 2.45. The van der Waals surface area contributed by atoms with Crippen molar-refractivity contribution in [3.8, 4) is 0 Å². The molecule has 2 aromatic heterocycles. The van der Waals surface area contributed by atoms with Gasteiger partial charge in [0.1, 0.15) is 0 Å². The van der Waals surface area contributed by atoms with Gasteiger partial charge in [-0.1, -0.05) is 97.1 Å². The number of benzene rings is 8. The normalized spacial score (nSPS) is 12.4. The first-order valence-corrected chi connectivity index (χ1v) is 18.2. The predicted molar refractivity (Wildman–Crippen MR) is 216 cm³/mol. The molecular formula is C46H28S2.